The summed E-state index contributed by atoms with van der Waals surface area (Å²) < 4.78 is 4.87. The minimum absolute atomic E-state index is 0.00318. The highest BCUT2D eigenvalue weighted by molar-refractivity contribution is 5.97. The number of nitrogens with zero attached hydrogens (tertiary/aromatic N) is 1. The van der Waals surface area contributed by atoms with E-state index in [4.69, 9.17) is 9.84 Å². The Morgan fingerprint density at radius 1 is 1.40 bits per heavy atom. The van der Waals surface area contributed by atoms with E-state index in [0.29, 0.717) is 0 Å². The largest absolute Gasteiger partial charge is 0.504 e. The van der Waals surface area contributed by atoms with Crippen LogP contribution in [0.15, 0.2) is 18.2 Å². The van der Waals surface area contributed by atoms with Crippen LogP contribution < -0.4 is 4.74 Å². The van der Waals surface area contributed by atoms with Crippen molar-refractivity contribution in [3.05, 3.63) is 23.8 Å². The molecule has 2 atom stereocenters. The molecule has 0 saturated carbocycles. The number of phenols is 1. The second-order valence-electron chi connectivity index (χ2n) is 4.59. The van der Waals surface area contributed by atoms with Gasteiger partial charge in [0.1, 0.15) is 6.04 Å². The van der Waals surface area contributed by atoms with E-state index >= 15 is 0 Å². The van der Waals surface area contributed by atoms with Crippen LogP contribution >= 0.6 is 0 Å². The van der Waals surface area contributed by atoms with Gasteiger partial charge in [0.25, 0.3) is 5.91 Å². The van der Waals surface area contributed by atoms with Gasteiger partial charge in [0.05, 0.1) is 13.2 Å². The maximum absolute atomic E-state index is 12.3. The molecule has 1 aromatic rings. The fourth-order valence-electron chi connectivity index (χ4n) is 2.26. The number of hydrogen-bond acceptors (Lipinski definition) is 5. The van der Waals surface area contributed by atoms with Crippen molar-refractivity contribution in [2.24, 2.45) is 0 Å². The third kappa shape index (κ3) is 2.53. The lowest BCUT2D eigenvalue weighted by Crippen LogP contribution is -2.40. The number of aliphatic hydroxyl groups is 1. The number of carbonyl (C=O) groups is 2. The number of carbonyl (C=O) groups excluding carboxylic acids is 1. The molecule has 1 amide bonds. The summed E-state index contributed by atoms with van der Waals surface area (Å²) in [7, 11) is 1.38. The van der Waals surface area contributed by atoms with Crippen LogP contribution in [0.4, 0.5) is 0 Å². The number of carboxylic acids is 1. The molecule has 1 aromatic carbocycles. The van der Waals surface area contributed by atoms with Crippen molar-refractivity contribution in [3.8, 4) is 11.5 Å². The second-order valence-corrected chi connectivity index (χ2v) is 4.59. The Hall–Kier alpha value is -2.28. The van der Waals surface area contributed by atoms with E-state index in [0.717, 1.165) is 4.90 Å². The van der Waals surface area contributed by atoms with E-state index in [1.807, 2.05) is 0 Å². The van der Waals surface area contributed by atoms with Gasteiger partial charge in [-0.05, 0) is 18.2 Å². The number of aliphatic hydroxyl groups excluding tert-OH is 1. The molecule has 20 heavy (non-hydrogen) atoms. The molecule has 7 nitrogen and oxygen atoms in total. The van der Waals surface area contributed by atoms with Gasteiger partial charge in [-0.2, -0.15) is 0 Å². The Bertz CT molecular complexity index is 544. The average molecular weight is 281 g/mol. The fourth-order valence-corrected chi connectivity index (χ4v) is 2.26. The predicted octanol–water partition coefficient (Wildman–Crippen LogP) is 0.0608. The topological polar surface area (TPSA) is 107 Å². The smallest absolute Gasteiger partial charge is 0.326 e. The molecule has 0 aliphatic carbocycles. The first-order chi connectivity index (χ1) is 9.43. The first-order valence-corrected chi connectivity index (χ1v) is 6.03. The Morgan fingerprint density at radius 2 is 2.10 bits per heavy atom. The van der Waals surface area contributed by atoms with E-state index in [9.17, 15) is 19.8 Å². The standard InChI is InChI=1S/C13H15NO6/c1-20-11-3-2-7(4-10(11)16)12(17)14-6-8(15)5-9(14)13(18)19/h2-4,8-9,15-16H,5-6H2,1H3,(H,18,19)/t8?,9-/m0/s1. The van der Waals surface area contributed by atoms with Gasteiger partial charge >= 0.3 is 5.97 Å². The summed E-state index contributed by atoms with van der Waals surface area (Å²) in [6.45, 7) is -0.0391. The number of benzene rings is 1. The normalized spacial score (nSPS) is 21.8. The van der Waals surface area contributed by atoms with Gasteiger partial charge in [-0.25, -0.2) is 4.79 Å². The molecule has 1 aliphatic heterocycles. The summed E-state index contributed by atoms with van der Waals surface area (Å²) in [5, 5.41) is 28.2. The Labute approximate surface area is 115 Å². The van der Waals surface area contributed by atoms with E-state index in [1.165, 1.54) is 25.3 Å². The number of methoxy groups -OCH3 is 1. The number of β-amino-alcohol motifs (C(OH)–C–C–N with tert-alkyl or cyclic N) is 1. The zero-order valence-electron chi connectivity index (χ0n) is 10.8. The first kappa shape index (κ1) is 14.1. The van der Waals surface area contributed by atoms with E-state index in [2.05, 4.69) is 0 Å². The third-order valence-corrected chi connectivity index (χ3v) is 3.25. The molecule has 1 heterocycles. The van der Waals surface area contributed by atoms with Gasteiger partial charge in [0.2, 0.25) is 0 Å². The monoisotopic (exact) mass is 281 g/mol. The highest BCUT2D eigenvalue weighted by Crippen LogP contribution is 2.28. The molecule has 1 fully saturated rings. The van der Waals surface area contributed by atoms with Crippen molar-refractivity contribution < 1.29 is 29.6 Å². The molecule has 1 saturated heterocycles. The summed E-state index contributed by atoms with van der Waals surface area (Å²) in [4.78, 5) is 24.4. The zero-order valence-corrected chi connectivity index (χ0v) is 10.8. The Morgan fingerprint density at radius 3 is 2.65 bits per heavy atom. The van der Waals surface area contributed by atoms with Crippen LogP contribution in [0.3, 0.4) is 0 Å². The first-order valence-electron chi connectivity index (χ1n) is 6.03. The maximum Gasteiger partial charge on any atom is 0.326 e. The van der Waals surface area contributed by atoms with E-state index in [-0.39, 0.29) is 30.0 Å². The highest BCUT2D eigenvalue weighted by Gasteiger charge is 2.39. The molecule has 0 bridgehead atoms. The number of amides is 1. The van der Waals surface area contributed by atoms with Gasteiger partial charge in [-0.15, -0.1) is 0 Å². The van der Waals surface area contributed by atoms with Crippen LogP contribution in [0.1, 0.15) is 16.8 Å². The molecule has 1 unspecified atom stereocenters. The van der Waals surface area contributed by atoms with Crippen LogP contribution in [0, 0.1) is 0 Å². The van der Waals surface area contributed by atoms with Crippen molar-refractivity contribution in [1.29, 1.82) is 0 Å². The van der Waals surface area contributed by atoms with Crippen LogP contribution in [0.25, 0.3) is 0 Å². The molecule has 0 aromatic heterocycles. The van der Waals surface area contributed by atoms with Crippen molar-refractivity contribution >= 4 is 11.9 Å². The summed E-state index contributed by atoms with van der Waals surface area (Å²) >= 11 is 0. The van der Waals surface area contributed by atoms with Crippen molar-refractivity contribution in [2.45, 2.75) is 18.6 Å². The van der Waals surface area contributed by atoms with Crippen LogP contribution in [-0.4, -0.2) is 57.9 Å². The molecule has 1 aliphatic rings. The highest BCUT2D eigenvalue weighted by atomic mass is 16.5. The summed E-state index contributed by atoms with van der Waals surface area (Å²) in [6, 6.07) is 3.02. The van der Waals surface area contributed by atoms with Gasteiger partial charge in [0.15, 0.2) is 11.5 Å². The number of carboxylic acid groups (broad SMARTS) is 1. The van der Waals surface area contributed by atoms with Gasteiger partial charge in [-0.3, -0.25) is 4.79 Å². The zero-order chi connectivity index (χ0) is 14.9. The number of ether oxygens (including phenoxy) is 1. The Balaban J connectivity index is 2.26. The van der Waals surface area contributed by atoms with Gasteiger partial charge in [0, 0.05) is 18.5 Å². The van der Waals surface area contributed by atoms with E-state index < -0.39 is 24.0 Å². The molecular weight excluding hydrogens is 266 g/mol. The van der Waals surface area contributed by atoms with Gasteiger partial charge < -0.3 is 25.0 Å². The van der Waals surface area contributed by atoms with Crippen LogP contribution in [0.2, 0.25) is 0 Å². The summed E-state index contributed by atoms with van der Waals surface area (Å²) in [5.41, 5.74) is 0.142. The maximum atomic E-state index is 12.3. The molecule has 0 spiro atoms. The lowest BCUT2D eigenvalue weighted by atomic mass is 10.1. The summed E-state index contributed by atoms with van der Waals surface area (Å²) in [5.74, 6) is -1.69. The molecule has 108 valence electrons. The predicted molar refractivity (Wildman–Crippen MR) is 67.7 cm³/mol. The van der Waals surface area contributed by atoms with Crippen molar-refractivity contribution in [2.75, 3.05) is 13.7 Å². The number of phenolic OH excluding ortho intramolecular Hbond substituents is 1. The Kier molecular flexibility index (Phi) is 3.80. The molecule has 2 rings (SSSR count). The summed E-state index contributed by atoms with van der Waals surface area (Å²) in [6.07, 6.45) is -0.852. The fraction of sp³-hybridized carbons (Fsp3) is 0.385. The average Bonchev–Trinajstić information content (AvgIpc) is 2.80. The quantitative estimate of drug-likeness (QED) is 0.723. The lowest BCUT2D eigenvalue weighted by Gasteiger charge is -2.21. The minimum Gasteiger partial charge on any atom is -0.504 e. The number of hydrogen-bond donors (Lipinski definition) is 3. The third-order valence-electron chi connectivity index (χ3n) is 3.25. The van der Waals surface area contributed by atoms with Crippen LogP contribution in [-0.2, 0) is 4.79 Å². The molecule has 7 heteroatoms. The van der Waals surface area contributed by atoms with Crippen molar-refractivity contribution in [1.82, 2.24) is 4.90 Å². The van der Waals surface area contributed by atoms with Crippen LogP contribution in [0.5, 0.6) is 11.5 Å². The minimum atomic E-state index is -1.16. The number of aliphatic carboxylic acids is 1. The van der Waals surface area contributed by atoms with E-state index in [1.54, 1.807) is 0 Å². The molecule has 0 radical (unpaired) electrons. The van der Waals surface area contributed by atoms with Crippen molar-refractivity contribution in [3.63, 3.8) is 0 Å². The lowest BCUT2D eigenvalue weighted by molar-refractivity contribution is -0.141. The second kappa shape index (κ2) is 5.38. The number of rotatable bonds is 3. The molecule has 3 N–H and O–H groups in total. The number of aromatic hydroxyl groups is 1. The SMILES string of the molecule is COc1ccc(C(=O)N2CC(O)C[C@H]2C(=O)O)cc1O. The number of likely N-dealkylation sites (tertiary alicyclic amines) is 1. The molecular formula is C13H15NO6. The van der Waals surface area contributed by atoms with Gasteiger partial charge in [-0.1, -0.05) is 0 Å².